The fourth-order valence-electron chi connectivity index (χ4n) is 1.65. The van der Waals surface area contributed by atoms with Gasteiger partial charge in [0.05, 0.1) is 4.90 Å². The smallest absolute Gasteiger partial charge is 0.210 e. The third-order valence-corrected chi connectivity index (χ3v) is 4.83. The van der Waals surface area contributed by atoms with Crippen LogP contribution in [0.5, 0.6) is 5.75 Å². The molecule has 0 fully saturated rings. The first kappa shape index (κ1) is 17.8. The van der Waals surface area contributed by atoms with Crippen LogP contribution in [0.2, 0.25) is 0 Å². The van der Waals surface area contributed by atoms with Crippen LogP contribution >= 0.6 is 23.5 Å². The lowest BCUT2D eigenvalue weighted by Crippen LogP contribution is -2.03. The number of phenols is 1. The largest absolute Gasteiger partial charge is 0.507 e. The highest BCUT2D eigenvalue weighted by atomic mass is 32.2. The molecule has 0 aliphatic rings. The van der Waals surface area contributed by atoms with Crippen molar-refractivity contribution >= 4 is 29.2 Å². The summed E-state index contributed by atoms with van der Waals surface area (Å²) in [5.74, 6) is -1.48. The second kappa shape index (κ2) is 7.80. The first-order chi connectivity index (χ1) is 11.4. The molecule has 8 N–H and O–H groups in total. The minimum absolute atomic E-state index is 0.0163. The van der Waals surface area contributed by atoms with Gasteiger partial charge in [-0.2, -0.15) is 0 Å². The number of aliphatic hydroxyl groups excluding tert-OH is 3. The number of benzene rings is 2. The van der Waals surface area contributed by atoms with Gasteiger partial charge in [0.15, 0.2) is 5.76 Å². The van der Waals surface area contributed by atoms with E-state index < -0.39 is 16.6 Å². The Bertz CT molecular complexity index is 739. The lowest BCUT2D eigenvalue weighted by molar-refractivity contribution is 0.297. The van der Waals surface area contributed by atoms with Gasteiger partial charge in [0.25, 0.3) is 0 Å². The zero-order chi connectivity index (χ0) is 17.7. The maximum Gasteiger partial charge on any atom is 0.210 e. The summed E-state index contributed by atoms with van der Waals surface area (Å²) in [6, 6.07) is 13.2. The molecule has 0 aromatic heterocycles. The molecule has 0 radical (unpaired) electrons. The second-order valence-corrected chi connectivity index (χ2v) is 6.69. The topological polar surface area (TPSA) is 133 Å². The van der Waals surface area contributed by atoms with Gasteiger partial charge in [-0.3, -0.25) is 0 Å². The maximum absolute atomic E-state index is 10.00. The molecule has 6 nitrogen and oxygen atoms in total. The number of phenolic OH excluding ortho intramolecular Hbond substituents is 1. The molecule has 126 valence electrons. The molecule has 2 aromatic rings. The zero-order valence-electron chi connectivity index (χ0n) is 12.4. The van der Waals surface area contributed by atoms with Crippen LogP contribution in [0.1, 0.15) is 0 Å². The van der Waals surface area contributed by atoms with E-state index in [0.29, 0.717) is 15.5 Å². The monoisotopic (exact) mass is 364 g/mol. The van der Waals surface area contributed by atoms with Crippen molar-refractivity contribution in [2.45, 2.75) is 9.79 Å². The van der Waals surface area contributed by atoms with Gasteiger partial charge >= 0.3 is 0 Å². The lowest BCUT2D eigenvalue weighted by atomic mass is 10.3. The van der Waals surface area contributed by atoms with Gasteiger partial charge < -0.3 is 31.9 Å². The number of aliphatic hydroxyl groups is 3. The van der Waals surface area contributed by atoms with Gasteiger partial charge in [0, 0.05) is 10.6 Å². The summed E-state index contributed by atoms with van der Waals surface area (Å²) >= 11 is 1.64. The van der Waals surface area contributed by atoms with E-state index in [4.69, 9.17) is 11.5 Å². The molecule has 2 rings (SSSR count). The van der Waals surface area contributed by atoms with Crippen molar-refractivity contribution in [1.82, 2.24) is 0 Å². The summed E-state index contributed by atoms with van der Waals surface area (Å²) in [6.07, 6.45) is 0. The van der Waals surface area contributed by atoms with Gasteiger partial charge in [0.1, 0.15) is 10.8 Å². The number of anilines is 1. The Kier molecular flexibility index (Phi) is 5.78. The van der Waals surface area contributed by atoms with Crippen molar-refractivity contribution in [3.8, 4) is 5.75 Å². The highest BCUT2D eigenvalue weighted by molar-refractivity contribution is 8.03. The SMILES string of the molecule is N/C(Sc1ccccc1O)=C(O)\C(O)=C(/O)Sc1ccccc1N. The predicted molar refractivity (Wildman–Crippen MR) is 96.8 cm³/mol. The number of hydrogen-bond donors (Lipinski definition) is 6. The highest BCUT2D eigenvalue weighted by Gasteiger charge is 2.16. The summed E-state index contributed by atoms with van der Waals surface area (Å²) in [5.41, 5.74) is 11.9. The Hall–Kier alpha value is -2.58. The molecule has 24 heavy (non-hydrogen) atoms. The fourth-order valence-corrected chi connectivity index (χ4v) is 3.14. The van der Waals surface area contributed by atoms with E-state index in [2.05, 4.69) is 0 Å². The van der Waals surface area contributed by atoms with Crippen LogP contribution in [-0.2, 0) is 0 Å². The quantitative estimate of drug-likeness (QED) is 0.204. The van der Waals surface area contributed by atoms with E-state index in [1.165, 1.54) is 6.07 Å². The molecule has 0 bridgehead atoms. The molecular weight excluding hydrogens is 348 g/mol. The zero-order valence-corrected chi connectivity index (χ0v) is 14.0. The number of para-hydroxylation sites is 2. The van der Waals surface area contributed by atoms with Crippen molar-refractivity contribution in [3.63, 3.8) is 0 Å². The number of aromatic hydroxyl groups is 1. The first-order valence-electron chi connectivity index (χ1n) is 6.69. The Balaban J connectivity index is 2.24. The summed E-state index contributed by atoms with van der Waals surface area (Å²) in [7, 11) is 0. The Morgan fingerprint density at radius 2 is 1.38 bits per heavy atom. The summed E-state index contributed by atoms with van der Waals surface area (Å²) < 4.78 is 0. The third kappa shape index (κ3) is 4.24. The molecule has 0 amide bonds. The van der Waals surface area contributed by atoms with Crippen LogP contribution in [0.3, 0.4) is 0 Å². The summed E-state index contributed by atoms with van der Waals surface area (Å²) in [5, 5.41) is 38.9. The van der Waals surface area contributed by atoms with Crippen molar-refractivity contribution in [1.29, 1.82) is 0 Å². The molecular formula is C16H16N2O4S2. The van der Waals surface area contributed by atoms with Crippen LogP contribution in [0.4, 0.5) is 5.69 Å². The van der Waals surface area contributed by atoms with Crippen molar-refractivity contribution in [2.75, 3.05) is 5.73 Å². The number of nitrogens with two attached hydrogens (primary N) is 2. The molecule has 0 atom stereocenters. The minimum Gasteiger partial charge on any atom is -0.507 e. The van der Waals surface area contributed by atoms with Crippen molar-refractivity contribution in [3.05, 3.63) is 70.2 Å². The Labute approximate surface area is 147 Å². The molecule has 0 heterocycles. The van der Waals surface area contributed by atoms with Crippen LogP contribution in [0.15, 0.2) is 80.0 Å². The van der Waals surface area contributed by atoms with E-state index in [9.17, 15) is 20.4 Å². The Morgan fingerprint density at radius 3 is 2.00 bits per heavy atom. The normalized spacial score (nSPS) is 13.2. The second-order valence-electron chi connectivity index (χ2n) is 4.58. The first-order valence-corrected chi connectivity index (χ1v) is 8.33. The van der Waals surface area contributed by atoms with Crippen LogP contribution in [-0.4, -0.2) is 20.4 Å². The average Bonchev–Trinajstić information content (AvgIpc) is 2.57. The van der Waals surface area contributed by atoms with Gasteiger partial charge in [-0.1, -0.05) is 36.0 Å². The van der Waals surface area contributed by atoms with Crippen LogP contribution in [0.25, 0.3) is 0 Å². The van der Waals surface area contributed by atoms with E-state index in [0.717, 1.165) is 23.5 Å². The van der Waals surface area contributed by atoms with Gasteiger partial charge in [0.2, 0.25) is 10.9 Å². The molecule has 0 saturated heterocycles. The van der Waals surface area contributed by atoms with Gasteiger partial charge in [-0.25, -0.2) is 0 Å². The van der Waals surface area contributed by atoms with E-state index >= 15 is 0 Å². The van der Waals surface area contributed by atoms with Crippen molar-refractivity contribution in [2.24, 2.45) is 5.73 Å². The molecule has 8 heteroatoms. The van der Waals surface area contributed by atoms with Crippen LogP contribution < -0.4 is 11.5 Å². The number of thioether (sulfide) groups is 2. The lowest BCUT2D eigenvalue weighted by Gasteiger charge is -2.09. The fraction of sp³-hybridized carbons (Fsp3) is 0. The molecule has 0 aliphatic carbocycles. The van der Waals surface area contributed by atoms with Gasteiger partial charge in [-0.15, -0.1) is 0 Å². The highest BCUT2D eigenvalue weighted by Crippen LogP contribution is 2.35. The molecule has 0 unspecified atom stereocenters. The third-order valence-electron chi connectivity index (χ3n) is 2.87. The molecule has 0 aliphatic heterocycles. The number of rotatable bonds is 5. The predicted octanol–water partition coefficient (Wildman–Crippen LogP) is 3.83. The summed E-state index contributed by atoms with van der Waals surface area (Å²) in [4.78, 5) is 0.912. The molecule has 0 saturated carbocycles. The minimum atomic E-state index is -0.774. The van der Waals surface area contributed by atoms with E-state index in [-0.39, 0.29) is 10.8 Å². The summed E-state index contributed by atoms with van der Waals surface area (Å²) in [6.45, 7) is 0. The van der Waals surface area contributed by atoms with Gasteiger partial charge in [-0.05, 0) is 36.0 Å². The number of hydrogen-bond acceptors (Lipinski definition) is 8. The Morgan fingerprint density at radius 1 is 0.792 bits per heavy atom. The van der Waals surface area contributed by atoms with Crippen molar-refractivity contribution < 1.29 is 20.4 Å². The molecule has 0 spiro atoms. The van der Waals surface area contributed by atoms with E-state index in [1.807, 2.05) is 0 Å². The maximum atomic E-state index is 10.00. The molecule has 2 aromatic carbocycles. The van der Waals surface area contributed by atoms with Crippen LogP contribution in [0, 0.1) is 0 Å². The van der Waals surface area contributed by atoms with E-state index in [1.54, 1.807) is 42.5 Å². The number of nitrogen functional groups attached to an aromatic ring is 1. The average molecular weight is 364 g/mol. The standard InChI is InChI=1S/C16H16N2O4S2/c17-9-5-1-3-7-11(9)24-16(22)14(21)13(20)15(18)23-12-8-4-2-6-10(12)19/h1-8,19-22H,17-18H2/b15-13-,16-14-.